The van der Waals surface area contributed by atoms with E-state index in [1.165, 1.54) is 11.3 Å². The van der Waals surface area contributed by atoms with Crippen molar-refractivity contribution in [3.05, 3.63) is 90.1 Å². The van der Waals surface area contributed by atoms with Crippen LogP contribution in [0.2, 0.25) is 0 Å². The van der Waals surface area contributed by atoms with Crippen LogP contribution in [0, 0.1) is 0 Å². The van der Waals surface area contributed by atoms with E-state index in [0.29, 0.717) is 37.7 Å². The third kappa shape index (κ3) is 4.98. The fourth-order valence-electron chi connectivity index (χ4n) is 4.44. The molecule has 0 radical (unpaired) electrons. The Bertz CT molecular complexity index is 1540. The SMILES string of the molecule is CCOC(=O)C1=C(C)N=c2s/c(=C\c3cccc(OC)c3OC)c(=O)n2C1c1ccc(C(C)(C)C)cc1. The lowest BCUT2D eigenvalue weighted by molar-refractivity contribution is -0.139. The number of esters is 1. The van der Waals surface area contributed by atoms with Gasteiger partial charge in [0.25, 0.3) is 5.56 Å². The van der Waals surface area contributed by atoms with Crippen LogP contribution in [0.25, 0.3) is 6.08 Å². The highest BCUT2D eigenvalue weighted by Crippen LogP contribution is 2.33. The van der Waals surface area contributed by atoms with Crippen molar-refractivity contribution >= 4 is 23.4 Å². The minimum absolute atomic E-state index is 0.0293. The van der Waals surface area contributed by atoms with E-state index in [1.54, 1.807) is 44.8 Å². The van der Waals surface area contributed by atoms with Crippen LogP contribution in [0.3, 0.4) is 0 Å². The number of hydrogen-bond acceptors (Lipinski definition) is 7. The first-order valence-electron chi connectivity index (χ1n) is 12.1. The number of thiazole rings is 1. The summed E-state index contributed by atoms with van der Waals surface area (Å²) in [7, 11) is 3.13. The van der Waals surface area contributed by atoms with Crippen LogP contribution in [0.4, 0.5) is 0 Å². The molecule has 0 saturated heterocycles. The van der Waals surface area contributed by atoms with Crippen LogP contribution < -0.4 is 24.4 Å². The number of rotatable bonds is 6. The molecule has 0 fully saturated rings. The van der Waals surface area contributed by atoms with Crippen molar-refractivity contribution in [3.63, 3.8) is 0 Å². The first-order chi connectivity index (χ1) is 17.6. The molecular weight excluding hydrogens is 488 g/mol. The van der Waals surface area contributed by atoms with Gasteiger partial charge >= 0.3 is 5.97 Å². The highest BCUT2D eigenvalue weighted by molar-refractivity contribution is 7.07. The van der Waals surface area contributed by atoms with E-state index >= 15 is 0 Å². The largest absolute Gasteiger partial charge is 0.493 e. The molecule has 4 rings (SSSR count). The summed E-state index contributed by atoms with van der Waals surface area (Å²) < 4.78 is 18.4. The Morgan fingerprint density at radius 1 is 1.11 bits per heavy atom. The molecule has 1 atom stereocenters. The molecule has 0 N–H and O–H groups in total. The Morgan fingerprint density at radius 2 is 1.81 bits per heavy atom. The maximum atomic E-state index is 13.9. The summed E-state index contributed by atoms with van der Waals surface area (Å²) in [6, 6.07) is 12.9. The lowest BCUT2D eigenvalue weighted by Gasteiger charge is -2.26. The number of ether oxygens (including phenoxy) is 3. The van der Waals surface area contributed by atoms with Gasteiger partial charge in [-0.25, -0.2) is 9.79 Å². The number of carbonyl (C=O) groups is 1. The fraction of sp³-hybridized carbons (Fsp3) is 0.345. The van der Waals surface area contributed by atoms with Crippen molar-refractivity contribution in [3.8, 4) is 11.5 Å². The zero-order valence-corrected chi connectivity index (χ0v) is 23.1. The second-order valence-corrected chi connectivity index (χ2v) is 10.8. The van der Waals surface area contributed by atoms with E-state index in [9.17, 15) is 9.59 Å². The molecule has 0 bridgehead atoms. The topological polar surface area (TPSA) is 79.1 Å². The summed E-state index contributed by atoms with van der Waals surface area (Å²) in [4.78, 5) is 32.1. The number of carbonyl (C=O) groups excluding carboxylic acids is 1. The summed E-state index contributed by atoms with van der Waals surface area (Å²) >= 11 is 1.27. The van der Waals surface area contributed by atoms with Crippen molar-refractivity contribution in [1.82, 2.24) is 4.57 Å². The molecule has 1 aromatic heterocycles. The van der Waals surface area contributed by atoms with Crippen LogP contribution in [-0.2, 0) is 14.9 Å². The van der Waals surface area contributed by atoms with Gasteiger partial charge in [0.1, 0.15) is 0 Å². The summed E-state index contributed by atoms with van der Waals surface area (Å²) in [6.45, 7) is 10.2. The Labute approximate surface area is 220 Å². The second kappa shape index (κ2) is 10.4. The number of benzene rings is 2. The molecule has 194 valence electrons. The Kier molecular flexibility index (Phi) is 7.41. The van der Waals surface area contributed by atoms with E-state index in [2.05, 4.69) is 25.8 Å². The summed E-state index contributed by atoms with van der Waals surface area (Å²) in [5, 5.41) is 0. The first kappa shape index (κ1) is 26.4. The van der Waals surface area contributed by atoms with Crippen LogP contribution in [0.5, 0.6) is 11.5 Å². The number of allylic oxidation sites excluding steroid dienone is 1. The number of aromatic nitrogens is 1. The number of nitrogens with zero attached hydrogens (tertiary/aromatic N) is 2. The average Bonchev–Trinajstić information content (AvgIpc) is 3.16. The zero-order valence-electron chi connectivity index (χ0n) is 22.2. The van der Waals surface area contributed by atoms with Crippen LogP contribution in [0.1, 0.15) is 57.4 Å². The molecule has 1 aliphatic rings. The molecule has 2 heterocycles. The summed E-state index contributed by atoms with van der Waals surface area (Å²) in [5.41, 5.74) is 3.31. The van der Waals surface area contributed by atoms with E-state index in [-0.39, 0.29) is 17.6 Å². The Morgan fingerprint density at radius 3 is 2.41 bits per heavy atom. The van der Waals surface area contributed by atoms with Gasteiger partial charge in [0.05, 0.1) is 42.7 Å². The molecule has 0 spiro atoms. The van der Waals surface area contributed by atoms with Gasteiger partial charge in [-0.3, -0.25) is 9.36 Å². The van der Waals surface area contributed by atoms with E-state index in [4.69, 9.17) is 14.2 Å². The molecule has 37 heavy (non-hydrogen) atoms. The smallest absolute Gasteiger partial charge is 0.338 e. The highest BCUT2D eigenvalue weighted by atomic mass is 32.1. The van der Waals surface area contributed by atoms with Crippen LogP contribution >= 0.6 is 11.3 Å². The van der Waals surface area contributed by atoms with Crippen LogP contribution in [0.15, 0.2) is 63.5 Å². The van der Waals surface area contributed by atoms with Crippen molar-refractivity contribution in [1.29, 1.82) is 0 Å². The van der Waals surface area contributed by atoms with E-state index < -0.39 is 12.0 Å². The number of para-hydroxylation sites is 1. The minimum atomic E-state index is -0.654. The number of hydrogen-bond donors (Lipinski definition) is 0. The van der Waals surface area contributed by atoms with Crippen molar-refractivity contribution in [2.75, 3.05) is 20.8 Å². The monoisotopic (exact) mass is 520 g/mol. The molecule has 1 aliphatic heterocycles. The predicted octanol–water partition coefficient (Wildman–Crippen LogP) is 4.11. The number of methoxy groups -OCH3 is 2. The molecule has 1 unspecified atom stereocenters. The number of fused-ring (bicyclic) bond motifs is 1. The lowest BCUT2D eigenvalue weighted by atomic mass is 9.85. The van der Waals surface area contributed by atoms with Crippen molar-refractivity contribution in [2.45, 2.75) is 46.1 Å². The minimum Gasteiger partial charge on any atom is -0.493 e. The van der Waals surface area contributed by atoms with Gasteiger partial charge in [-0.05, 0) is 42.5 Å². The van der Waals surface area contributed by atoms with Gasteiger partial charge in [-0.1, -0.05) is 68.5 Å². The molecule has 2 aromatic carbocycles. The molecule has 7 nitrogen and oxygen atoms in total. The molecular formula is C29H32N2O5S. The third-order valence-electron chi connectivity index (χ3n) is 6.33. The third-order valence-corrected chi connectivity index (χ3v) is 7.31. The Balaban J connectivity index is 1.95. The standard InChI is InChI=1S/C29H32N2O5S/c1-8-36-27(33)23-17(2)30-28-31(24(23)18-12-14-20(15-13-18)29(3,4)5)26(32)22(37-28)16-19-10-9-11-21(34-6)25(19)35-7/h9-16,24H,8H2,1-7H3/b22-16-. The second-order valence-electron chi connectivity index (χ2n) is 9.76. The van der Waals surface area contributed by atoms with Gasteiger partial charge in [-0.2, -0.15) is 0 Å². The molecule has 0 aliphatic carbocycles. The van der Waals surface area contributed by atoms with Gasteiger partial charge < -0.3 is 14.2 Å². The Hall–Kier alpha value is -3.65. The molecule has 3 aromatic rings. The maximum absolute atomic E-state index is 13.9. The van der Waals surface area contributed by atoms with Gasteiger partial charge in [0.15, 0.2) is 16.3 Å². The van der Waals surface area contributed by atoms with Crippen molar-refractivity contribution < 1.29 is 19.0 Å². The average molecular weight is 521 g/mol. The molecule has 8 heteroatoms. The lowest BCUT2D eigenvalue weighted by Crippen LogP contribution is -2.40. The summed E-state index contributed by atoms with van der Waals surface area (Å²) in [6.07, 6.45) is 1.77. The van der Waals surface area contributed by atoms with E-state index in [1.807, 2.05) is 36.4 Å². The fourth-order valence-corrected chi connectivity index (χ4v) is 5.48. The molecule has 0 saturated carbocycles. The normalized spacial score (nSPS) is 15.8. The predicted molar refractivity (Wildman–Crippen MR) is 145 cm³/mol. The quantitative estimate of drug-likeness (QED) is 0.457. The van der Waals surface area contributed by atoms with Gasteiger partial charge in [0, 0.05) is 5.56 Å². The summed E-state index contributed by atoms with van der Waals surface area (Å²) in [5.74, 6) is 0.632. The van der Waals surface area contributed by atoms with Gasteiger partial charge in [-0.15, -0.1) is 0 Å². The van der Waals surface area contributed by atoms with Gasteiger partial charge in [0.2, 0.25) is 0 Å². The maximum Gasteiger partial charge on any atom is 0.338 e. The van der Waals surface area contributed by atoms with Crippen LogP contribution in [-0.4, -0.2) is 31.4 Å². The van der Waals surface area contributed by atoms with E-state index in [0.717, 1.165) is 11.1 Å². The first-order valence-corrected chi connectivity index (χ1v) is 12.9. The molecule has 0 amide bonds. The van der Waals surface area contributed by atoms with Crippen molar-refractivity contribution in [2.24, 2.45) is 4.99 Å². The zero-order chi connectivity index (χ0) is 26.9. The highest BCUT2D eigenvalue weighted by Gasteiger charge is 2.33.